The van der Waals surface area contributed by atoms with Gasteiger partial charge < -0.3 is 4.74 Å². The van der Waals surface area contributed by atoms with Crippen LogP contribution < -0.4 is 0 Å². The summed E-state index contributed by atoms with van der Waals surface area (Å²) in [6, 6.07) is 6.43. The van der Waals surface area contributed by atoms with E-state index in [-0.39, 0.29) is 5.91 Å². The van der Waals surface area contributed by atoms with Gasteiger partial charge in [-0.1, -0.05) is 53.8 Å². The first-order valence-electron chi connectivity index (χ1n) is 6.05. The first-order valence-corrected chi connectivity index (χ1v) is 7.65. The van der Waals surface area contributed by atoms with Crippen LogP contribution >= 0.6 is 35.6 Å². The zero-order valence-electron chi connectivity index (χ0n) is 11.3. The topological polar surface area (TPSA) is 46.6 Å². The summed E-state index contributed by atoms with van der Waals surface area (Å²) in [5.74, 6) is -0.826. The Kier molecular flexibility index (Phi) is 5.03. The summed E-state index contributed by atoms with van der Waals surface area (Å²) >= 11 is 12.4. The molecule has 1 amide bonds. The SMILES string of the molecule is COC(=O)C(C)N1C(=O)C(=Cc2ccccc2Cl)SC1=S. The second-order valence-electron chi connectivity index (χ2n) is 4.27. The van der Waals surface area contributed by atoms with Crippen molar-refractivity contribution in [3.8, 4) is 0 Å². The van der Waals surface area contributed by atoms with Crippen molar-refractivity contribution in [2.75, 3.05) is 7.11 Å². The summed E-state index contributed by atoms with van der Waals surface area (Å²) in [6.07, 6.45) is 1.67. The van der Waals surface area contributed by atoms with Crippen molar-refractivity contribution in [1.29, 1.82) is 0 Å². The van der Waals surface area contributed by atoms with Gasteiger partial charge in [0.2, 0.25) is 0 Å². The highest BCUT2D eigenvalue weighted by molar-refractivity contribution is 8.26. The molecule has 1 unspecified atom stereocenters. The Labute approximate surface area is 137 Å². The fourth-order valence-corrected chi connectivity index (χ4v) is 3.42. The van der Waals surface area contributed by atoms with Crippen LogP contribution in [0.25, 0.3) is 6.08 Å². The van der Waals surface area contributed by atoms with Crippen molar-refractivity contribution < 1.29 is 14.3 Å². The van der Waals surface area contributed by atoms with Gasteiger partial charge in [0.15, 0.2) is 0 Å². The largest absolute Gasteiger partial charge is 0.467 e. The predicted molar refractivity (Wildman–Crippen MR) is 87.9 cm³/mol. The predicted octanol–water partition coefficient (Wildman–Crippen LogP) is 3.10. The number of nitrogens with zero attached hydrogens (tertiary/aromatic N) is 1. The number of carbonyl (C=O) groups is 2. The van der Waals surface area contributed by atoms with E-state index in [4.69, 9.17) is 23.8 Å². The Morgan fingerprint density at radius 3 is 2.76 bits per heavy atom. The number of esters is 1. The molecule has 110 valence electrons. The van der Waals surface area contributed by atoms with Crippen LogP contribution in [-0.2, 0) is 14.3 Å². The van der Waals surface area contributed by atoms with Gasteiger partial charge in [-0.15, -0.1) is 0 Å². The maximum absolute atomic E-state index is 12.4. The minimum Gasteiger partial charge on any atom is -0.467 e. The van der Waals surface area contributed by atoms with Crippen LogP contribution in [0.3, 0.4) is 0 Å². The van der Waals surface area contributed by atoms with Crippen LogP contribution in [0.2, 0.25) is 5.02 Å². The molecule has 0 bridgehead atoms. The molecule has 1 heterocycles. The molecule has 1 atom stereocenters. The molecule has 0 spiro atoms. The lowest BCUT2D eigenvalue weighted by Crippen LogP contribution is -2.42. The number of benzene rings is 1. The standard InChI is InChI=1S/C14H12ClNO3S2/c1-8(13(18)19-2)16-12(17)11(21-14(16)20)7-9-5-3-4-6-10(9)15/h3-8H,1-2H3. The molecule has 1 fully saturated rings. The van der Waals surface area contributed by atoms with Crippen LogP contribution in [0.5, 0.6) is 0 Å². The molecule has 0 aromatic heterocycles. The fourth-order valence-electron chi connectivity index (χ4n) is 1.82. The number of ether oxygens (including phenoxy) is 1. The highest BCUT2D eigenvalue weighted by Gasteiger charge is 2.38. The Morgan fingerprint density at radius 2 is 2.14 bits per heavy atom. The lowest BCUT2D eigenvalue weighted by molar-refractivity contribution is -0.147. The quantitative estimate of drug-likeness (QED) is 0.480. The fraction of sp³-hybridized carbons (Fsp3) is 0.214. The minimum absolute atomic E-state index is 0.317. The summed E-state index contributed by atoms with van der Waals surface area (Å²) < 4.78 is 4.98. The summed E-state index contributed by atoms with van der Waals surface area (Å²) in [5, 5.41) is 0.545. The average Bonchev–Trinajstić information content (AvgIpc) is 2.74. The Morgan fingerprint density at radius 1 is 1.48 bits per heavy atom. The molecular formula is C14H12ClNO3S2. The molecule has 1 aromatic rings. The second-order valence-corrected chi connectivity index (χ2v) is 6.36. The van der Waals surface area contributed by atoms with Gasteiger partial charge in [0.05, 0.1) is 12.0 Å². The molecule has 2 rings (SSSR count). The smallest absolute Gasteiger partial charge is 0.328 e. The van der Waals surface area contributed by atoms with E-state index >= 15 is 0 Å². The Balaban J connectivity index is 2.30. The van der Waals surface area contributed by atoms with Gasteiger partial charge >= 0.3 is 5.97 Å². The van der Waals surface area contributed by atoms with Gasteiger partial charge in [0.1, 0.15) is 10.4 Å². The monoisotopic (exact) mass is 341 g/mol. The molecule has 7 heteroatoms. The first-order chi connectivity index (χ1) is 9.95. The molecule has 1 aliphatic rings. The second kappa shape index (κ2) is 6.60. The van der Waals surface area contributed by atoms with Gasteiger partial charge in [0.25, 0.3) is 5.91 Å². The summed E-state index contributed by atoms with van der Waals surface area (Å²) in [5.41, 5.74) is 0.727. The van der Waals surface area contributed by atoms with Crippen LogP contribution in [0.1, 0.15) is 12.5 Å². The number of thiocarbonyl (C=S) groups is 1. The molecular weight excluding hydrogens is 330 g/mol. The zero-order valence-corrected chi connectivity index (χ0v) is 13.7. The van der Waals surface area contributed by atoms with E-state index in [9.17, 15) is 9.59 Å². The molecule has 1 saturated heterocycles. The molecule has 1 aliphatic heterocycles. The number of amides is 1. The van der Waals surface area contributed by atoms with Crippen molar-refractivity contribution in [2.24, 2.45) is 0 Å². The summed E-state index contributed by atoms with van der Waals surface area (Å²) in [7, 11) is 1.27. The van der Waals surface area contributed by atoms with Gasteiger partial charge in [-0.2, -0.15) is 0 Å². The molecule has 21 heavy (non-hydrogen) atoms. The van der Waals surface area contributed by atoms with Crippen molar-refractivity contribution in [3.63, 3.8) is 0 Å². The van der Waals surface area contributed by atoms with E-state index in [0.717, 1.165) is 17.3 Å². The van der Waals surface area contributed by atoms with E-state index < -0.39 is 12.0 Å². The highest BCUT2D eigenvalue weighted by Crippen LogP contribution is 2.35. The van der Waals surface area contributed by atoms with Crippen molar-refractivity contribution >= 4 is 57.9 Å². The maximum atomic E-state index is 12.4. The van der Waals surface area contributed by atoms with Gasteiger partial charge in [-0.25, -0.2) is 4.79 Å². The van der Waals surface area contributed by atoms with Crippen molar-refractivity contribution in [3.05, 3.63) is 39.8 Å². The van der Waals surface area contributed by atoms with Crippen molar-refractivity contribution in [1.82, 2.24) is 4.90 Å². The van der Waals surface area contributed by atoms with E-state index in [1.54, 1.807) is 25.1 Å². The summed E-state index contributed by atoms with van der Waals surface area (Å²) in [4.78, 5) is 25.7. The van der Waals surface area contributed by atoms with E-state index in [1.807, 2.05) is 12.1 Å². The van der Waals surface area contributed by atoms with E-state index in [2.05, 4.69) is 4.74 Å². The number of hydrogen-bond donors (Lipinski definition) is 0. The van der Waals surface area contributed by atoms with Crippen LogP contribution in [0, 0.1) is 0 Å². The highest BCUT2D eigenvalue weighted by atomic mass is 35.5. The Hall–Kier alpha value is -1.37. The molecule has 0 N–H and O–H groups in total. The third-order valence-corrected chi connectivity index (χ3v) is 4.62. The van der Waals surface area contributed by atoms with Crippen LogP contribution in [0.4, 0.5) is 0 Å². The van der Waals surface area contributed by atoms with Crippen LogP contribution in [-0.4, -0.2) is 34.2 Å². The number of methoxy groups -OCH3 is 1. The molecule has 0 saturated carbocycles. The average molecular weight is 342 g/mol. The van der Waals surface area contributed by atoms with E-state index in [1.165, 1.54) is 12.0 Å². The van der Waals surface area contributed by atoms with Gasteiger partial charge in [0, 0.05) is 5.02 Å². The third kappa shape index (κ3) is 3.28. The zero-order chi connectivity index (χ0) is 15.6. The normalized spacial score (nSPS) is 18.2. The molecule has 0 radical (unpaired) electrons. The lowest BCUT2D eigenvalue weighted by atomic mass is 10.2. The maximum Gasteiger partial charge on any atom is 0.328 e. The Bertz CT molecular complexity index is 645. The summed E-state index contributed by atoms with van der Waals surface area (Å²) in [6.45, 7) is 1.58. The van der Waals surface area contributed by atoms with Crippen LogP contribution in [0.15, 0.2) is 29.2 Å². The lowest BCUT2D eigenvalue weighted by Gasteiger charge is -2.20. The van der Waals surface area contributed by atoms with Crippen molar-refractivity contribution in [2.45, 2.75) is 13.0 Å². The van der Waals surface area contributed by atoms with Gasteiger partial charge in [-0.05, 0) is 24.6 Å². The minimum atomic E-state index is -0.750. The molecule has 1 aromatic carbocycles. The van der Waals surface area contributed by atoms with E-state index in [0.29, 0.717) is 14.2 Å². The number of rotatable bonds is 3. The number of thioether (sulfide) groups is 1. The number of hydrogen-bond acceptors (Lipinski definition) is 5. The van der Waals surface area contributed by atoms with Gasteiger partial charge in [-0.3, -0.25) is 9.69 Å². The number of halogens is 1. The number of carbonyl (C=O) groups excluding carboxylic acids is 2. The third-order valence-electron chi connectivity index (χ3n) is 2.94. The first kappa shape index (κ1) is 16.0. The molecule has 0 aliphatic carbocycles. The molecule has 4 nitrogen and oxygen atoms in total.